The van der Waals surface area contributed by atoms with Crippen LogP contribution in [-0.4, -0.2) is 24.7 Å². The molecule has 0 spiro atoms. The first-order valence-electron chi connectivity index (χ1n) is 6.90. The topological polar surface area (TPSA) is 98.6 Å². The number of fused-ring (bicyclic) bond motifs is 3. The number of ether oxygens (including phenoxy) is 2. The molecule has 3 aromatic rings. The van der Waals surface area contributed by atoms with Crippen molar-refractivity contribution in [2.75, 3.05) is 13.7 Å². The molecule has 1 N–H and O–H groups in total. The maximum absolute atomic E-state index is 12.7. The van der Waals surface area contributed by atoms with Gasteiger partial charge in [-0.05, 0) is 25.1 Å². The highest BCUT2D eigenvalue weighted by Crippen LogP contribution is 2.24. The lowest BCUT2D eigenvalue weighted by Crippen LogP contribution is -2.20. The lowest BCUT2D eigenvalue weighted by molar-refractivity contribution is 0.0524. The molecule has 0 aliphatic heterocycles. The van der Waals surface area contributed by atoms with Crippen molar-refractivity contribution < 1.29 is 18.7 Å². The molecule has 0 saturated carbocycles. The fourth-order valence-electron chi connectivity index (χ4n) is 2.38. The summed E-state index contributed by atoms with van der Waals surface area (Å²) >= 11 is 0. The Bertz CT molecular complexity index is 1030. The Morgan fingerprint density at radius 3 is 2.78 bits per heavy atom. The van der Waals surface area contributed by atoms with E-state index in [-0.39, 0.29) is 28.7 Å². The monoisotopic (exact) mass is 315 g/mol. The van der Waals surface area contributed by atoms with Crippen LogP contribution < -0.4 is 15.8 Å². The molecule has 0 unspecified atom stereocenters. The molecule has 0 aliphatic rings. The predicted molar refractivity (Wildman–Crippen MR) is 83.1 cm³/mol. The van der Waals surface area contributed by atoms with E-state index in [2.05, 4.69) is 4.98 Å². The molecule has 0 atom stereocenters. The molecule has 7 nitrogen and oxygen atoms in total. The van der Waals surface area contributed by atoms with E-state index >= 15 is 0 Å². The van der Waals surface area contributed by atoms with E-state index in [1.54, 1.807) is 19.1 Å². The molecule has 3 rings (SSSR count). The highest BCUT2D eigenvalue weighted by molar-refractivity contribution is 6.05. The lowest BCUT2D eigenvalue weighted by Gasteiger charge is -2.06. The maximum atomic E-state index is 12.7. The largest absolute Gasteiger partial charge is 0.497 e. The van der Waals surface area contributed by atoms with Crippen molar-refractivity contribution in [1.82, 2.24) is 4.98 Å². The number of pyridine rings is 1. The van der Waals surface area contributed by atoms with E-state index in [9.17, 15) is 14.4 Å². The van der Waals surface area contributed by atoms with Gasteiger partial charge < -0.3 is 18.9 Å². The summed E-state index contributed by atoms with van der Waals surface area (Å²) in [7, 11) is 1.48. The number of methoxy groups -OCH3 is 1. The summed E-state index contributed by atoms with van der Waals surface area (Å²) in [6, 6.07) is 4.72. The third-order valence-corrected chi connectivity index (χ3v) is 3.44. The van der Waals surface area contributed by atoms with Crippen LogP contribution >= 0.6 is 0 Å². The second kappa shape index (κ2) is 5.60. The fourth-order valence-corrected chi connectivity index (χ4v) is 2.38. The molecule has 0 fully saturated rings. The van der Waals surface area contributed by atoms with Crippen LogP contribution in [0.2, 0.25) is 0 Å². The minimum Gasteiger partial charge on any atom is -0.497 e. The van der Waals surface area contributed by atoms with Crippen molar-refractivity contribution in [3.63, 3.8) is 0 Å². The van der Waals surface area contributed by atoms with Gasteiger partial charge in [0.05, 0.1) is 19.1 Å². The number of esters is 1. The van der Waals surface area contributed by atoms with Gasteiger partial charge >= 0.3 is 11.6 Å². The normalized spacial score (nSPS) is 10.9. The van der Waals surface area contributed by atoms with E-state index in [0.29, 0.717) is 11.1 Å². The third-order valence-electron chi connectivity index (χ3n) is 3.44. The van der Waals surface area contributed by atoms with Crippen molar-refractivity contribution in [2.45, 2.75) is 6.92 Å². The van der Waals surface area contributed by atoms with E-state index in [4.69, 9.17) is 13.9 Å². The zero-order valence-corrected chi connectivity index (χ0v) is 12.5. The molecule has 1 aromatic carbocycles. The minimum absolute atomic E-state index is 0.0104. The Balaban J connectivity index is 2.46. The van der Waals surface area contributed by atoms with Crippen LogP contribution in [0.4, 0.5) is 0 Å². The van der Waals surface area contributed by atoms with E-state index < -0.39 is 17.0 Å². The molecule has 0 saturated heterocycles. The quantitative estimate of drug-likeness (QED) is 0.450. The Hall–Kier alpha value is -3.09. The van der Waals surface area contributed by atoms with Crippen molar-refractivity contribution in [2.24, 2.45) is 0 Å². The minimum atomic E-state index is -0.750. The van der Waals surface area contributed by atoms with Crippen LogP contribution in [-0.2, 0) is 4.74 Å². The first-order valence-corrected chi connectivity index (χ1v) is 6.90. The lowest BCUT2D eigenvalue weighted by atomic mass is 10.1. The molecule has 7 heteroatoms. The summed E-state index contributed by atoms with van der Waals surface area (Å²) in [5.41, 5.74) is -1.23. The number of aromatic amines is 1. The average Bonchev–Trinajstić information content (AvgIpc) is 2.55. The van der Waals surface area contributed by atoms with Crippen molar-refractivity contribution in [1.29, 1.82) is 0 Å². The summed E-state index contributed by atoms with van der Waals surface area (Å²) in [6.07, 6.45) is 1.16. The van der Waals surface area contributed by atoms with Gasteiger partial charge in [-0.15, -0.1) is 0 Å². The zero-order valence-electron chi connectivity index (χ0n) is 12.5. The van der Waals surface area contributed by atoms with Crippen LogP contribution in [0.25, 0.3) is 21.9 Å². The molecule has 0 bridgehead atoms. The number of aromatic nitrogens is 1. The fraction of sp³-hybridized carbons (Fsp3) is 0.188. The Labute approximate surface area is 129 Å². The van der Waals surface area contributed by atoms with Gasteiger partial charge in [0, 0.05) is 11.6 Å². The molecule has 0 amide bonds. The number of hydrogen-bond donors (Lipinski definition) is 1. The number of H-pyrrole nitrogens is 1. The summed E-state index contributed by atoms with van der Waals surface area (Å²) < 4.78 is 15.2. The summed E-state index contributed by atoms with van der Waals surface area (Å²) in [6.45, 7) is 1.78. The smallest absolute Gasteiger partial charge is 0.360 e. The van der Waals surface area contributed by atoms with Crippen LogP contribution in [0.1, 0.15) is 17.3 Å². The second-order valence-electron chi connectivity index (χ2n) is 4.75. The van der Waals surface area contributed by atoms with Crippen molar-refractivity contribution in [3.05, 3.63) is 50.6 Å². The standard InChI is InChI=1S/C16H13NO6/c1-3-22-15(19)10-7-17-13-12(14(10)18)9-6-8(21-2)4-5-11(9)23-16(13)20/h4-7H,3H2,1-2H3,(H,17,18). The van der Waals surface area contributed by atoms with Crippen molar-refractivity contribution >= 4 is 27.8 Å². The first-order chi connectivity index (χ1) is 11.1. The van der Waals surface area contributed by atoms with Crippen LogP contribution in [0.3, 0.4) is 0 Å². The van der Waals surface area contributed by atoms with E-state index in [0.717, 1.165) is 6.20 Å². The van der Waals surface area contributed by atoms with Gasteiger partial charge in [-0.1, -0.05) is 0 Å². The number of carbonyl (C=O) groups excluding carboxylic acids is 1. The third kappa shape index (κ3) is 2.36. The Morgan fingerprint density at radius 1 is 1.30 bits per heavy atom. The summed E-state index contributed by atoms with van der Waals surface area (Å²) in [5.74, 6) is -0.256. The van der Waals surface area contributed by atoms with E-state index in [1.165, 1.54) is 13.2 Å². The highest BCUT2D eigenvalue weighted by atomic mass is 16.5. The van der Waals surface area contributed by atoms with Gasteiger partial charge in [0.15, 0.2) is 0 Å². The van der Waals surface area contributed by atoms with Gasteiger partial charge in [-0.25, -0.2) is 9.59 Å². The molecular weight excluding hydrogens is 302 g/mol. The Kier molecular flexibility index (Phi) is 3.61. The van der Waals surface area contributed by atoms with Gasteiger partial charge in [0.2, 0.25) is 5.43 Å². The van der Waals surface area contributed by atoms with Crippen molar-refractivity contribution in [3.8, 4) is 5.75 Å². The van der Waals surface area contributed by atoms with Gasteiger partial charge in [-0.3, -0.25) is 4.79 Å². The number of nitrogens with one attached hydrogen (secondary N) is 1. The van der Waals surface area contributed by atoms with Gasteiger partial charge in [-0.2, -0.15) is 0 Å². The molecule has 23 heavy (non-hydrogen) atoms. The molecule has 0 radical (unpaired) electrons. The van der Waals surface area contributed by atoms with Crippen LogP contribution in [0.5, 0.6) is 5.75 Å². The second-order valence-corrected chi connectivity index (χ2v) is 4.75. The van der Waals surface area contributed by atoms with E-state index in [1.807, 2.05) is 0 Å². The molecule has 118 valence electrons. The molecule has 2 aromatic heterocycles. The number of benzene rings is 1. The number of carbonyl (C=O) groups is 1. The molecule has 2 heterocycles. The highest BCUT2D eigenvalue weighted by Gasteiger charge is 2.18. The predicted octanol–water partition coefficient (Wildman–Crippen LogP) is 1.82. The maximum Gasteiger partial charge on any atom is 0.360 e. The summed E-state index contributed by atoms with van der Waals surface area (Å²) in [4.78, 5) is 39.2. The molecule has 0 aliphatic carbocycles. The zero-order chi connectivity index (χ0) is 16.6. The Morgan fingerprint density at radius 2 is 2.09 bits per heavy atom. The van der Waals surface area contributed by atoms with Gasteiger partial charge in [0.25, 0.3) is 0 Å². The van der Waals surface area contributed by atoms with Gasteiger partial charge in [0.1, 0.15) is 22.4 Å². The van der Waals surface area contributed by atoms with Crippen LogP contribution in [0.15, 0.2) is 38.4 Å². The number of rotatable bonds is 3. The average molecular weight is 315 g/mol. The first kappa shape index (κ1) is 14.8. The number of hydrogen-bond acceptors (Lipinski definition) is 6. The molecular formula is C16H13NO6. The summed E-state index contributed by atoms with van der Waals surface area (Å²) in [5, 5.41) is 0.451. The SMILES string of the molecule is CCOC(=O)c1c[nH]c2c(=O)oc3ccc(OC)cc3c2c1=O. The van der Waals surface area contributed by atoms with Crippen LogP contribution in [0, 0.1) is 0 Å².